The normalized spacial score (nSPS) is 12.2. The number of aryl methyl sites for hydroxylation is 2. The van der Waals surface area contributed by atoms with Crippen LogP contribution in [0.15, 0.2) is 24.3 Å². The number of anilines is 2. The smallest absolute Gasteiger partial charge is 0.335 e. The minimum absolute atomic E-state index is 0.120. The number of carboxylic acid groups (broad SMARTS) is 1. The molecule has 0 bridgehead atoms. The van der Waals surface area contributed by atoms with Crippen molar-refractivity contribution in [3.05, 3.63) is 40.5 Å². The molecule has 1 atom stereocenters. The molecule has 1 aromatic carbocycles. The van der Waals surface area contributed by atoms with Crippen LogP contribution in [-0.2, 0) is 11.3 Å². The van der Waals surface area contributed by atoms with Crippen molar-refractivity contribution in [2.24, 2.45) is 0 Å². The molecular formula is C12H12N2O4S2. The first-order valence-electron chi connectivity index (χ1n) is 5.58. The first kappa shape index (κ1) is 14.6. The number of aromatic nitrogens is 1. The standard InChI is InChI=1S/C12H12N2O4S2/c1-7-11(19-8(2)13-7)14(20(17)18)10-5-3-9(4-6-10)12(15)16/h3-6H,1-2H3,(H,15,16)(H,17,18). The van der Waals surface area contributed by atoms with E-state index in [1.165, 1.54) is 39.9 Å². The van der Waals surface area contributed by atoms with E-state index < -0.39 is 17.2 Å². The summed E-state index contributed by atoms with van der Waals surface area (Å²) >= 11 is -0.962. The zero-order valence-electron chi connectivity index (χ0n) is 10.7. The molecule has 0 aliphatic rings. The summed E-state index contributed by atoms with van der Waals surface area (Å²) in [6.45, 7) is 3.57. The van der Waals surface area contributed by atoms with Crippen molar-refractivity contribution in [3.8, 4) is 0 Å². The summed E-state index contributed by atoms with van der Waals surface area (Å²) in [6, 6.07) is 5.76. The lowest BCUT2D eigenvalue weighted by atomic mass is 10.2. The Morgan fingerprint density at radius 3 is 2.30 bits per heavy atom. The lowest BCUT2D eigenvalue weighted by Gasteiger charge is -2.18. The number of nitrogens with zero attached hydrogens (tertiary/aromatic N) is 2. The van der Waals surface area contributed by atoms with Gasteiger partial charge in [0.15, 0.2) is 0 Å². The van der Waals surface area contributed by atoms with Crippen LogP contribution < -0.4 is 4.31 Å². The number of carbonyl (C=O) groups is 1. The Morgan fingerprint density at radius 1 is 1.30 bits per heavy atom. The van der Waals surface area contributed by atoms with Crippen LogP contribution in [0.3, 0.4) is 0 Å². The number of hydrogen-bond donors (Lipinski definition) is 2. The Labute approximate surface area is 122 Å². The molecule has 0 fully saturated rings. The van der Waals surface area contributed by atoms with Gasteiger partial charge in [-0.3, -0.25) is 4.55 Å². The average Bonchev–Trinajstić information content (AvgIpc) is 2.69. The molecule has 2 N–H and O–H groups in total. The average molecular weight is 312 g/mol. The van der Waals surface area contributed by atoms with Crippen LogP contribution in [0.5, 0.6) is 0 Å². The van der Waals surface area contributed by atoms with Gasteiger partial charge in [0.25, 0.3) is 11.3 Å². The Bertz CT molecular complexity index is 667. The lowest BCUT2D eigenvalue weighted by molar-refractivity contribution is 0.0697. The van der Waals surface area contributed by atoms with E-state index in [1.54, 1.807) is 6.92 Å². The summed E-state index contributed by atoms with van der Waals surface area (Å²) in [5.41, 5.74) is 1.20. The zero-order valence-corrected chi connectivity index (χ0v) is 12.4. The van der Waals surface area contributed by atoms with Gasteiger partial charge in [-0.25, -0.2) is 18.3 Å². The second-order valence-electron chi connectivity index (χ2n) is 4.00. The van der Waals surface area contributed by atoms with Crippen LogP contribution in [0.4, 0.5) is 10.7 Å². The van der Waals surface area contributed by atoms with Crippen LogP contribution in [0.1, 0.15) is 21.1 Å². The van der Waals surface area contributed by atoms with Gasteiger partial charge in [0.1, 0.15) is 5.00 Å². The molecule has 1 aromatic heterocycles. The molecule has 1 heterocycles. The van der Waals surface area contributed by atoms with Gasteiger partial charge in [0.05, 0.1) is 22.0 Å². The summed E-state index contributed by atoms with van der Waals surface area (Å²) in [5, 5.41) is 10.2. The maximum Gasteiger partial charge on any atom is 0.335 e. The van der Waals surface area contributed by atoms with E-state index in [0.29, 0.717) is 16.4 Å². The molecule has 20 heavy (non-hydrogen) atoms. The van der Waals surface area contributed by atoms with Crippen molar-refractivity contribution < 1.29 is 18.7 Å². The molecule has 6 nitrogen and oxygen atoms in total. The quantitative estimate of drug-likeness (QED) is 0.847. The highest BCUT2D eigenvalue weighted by Crippen LogP contribution is 2.34. The third kappa shape index (κ3) is 2.87. The van der Waals surface area contributed by atoms with Gasteiger partial charge in [-0.2, -0.15) is 0 Å². The van der Waals surface area contributed by atoms with Crippen molar-refractivity contribution >= 4 is 39.3 Å². The molecule has 106 valence electrons. The molecule has 0 aliphatic carbocycles. The Kier molecular flexibility index (Phi) is 4.17. The molecular weight excluding hydrogens is 300 g/mol. The topological polar surface area (TPSA) is 90.7 Å². The third-order valence-electron chi connectivity index (χ3n) is 2.57. The van der Waals surface area contributed by atoms with E-state index in [9.17, 15) is 13.6 Å². The lowest BCUT2D eigenvalue weighted by Crippen LogP contribution is -2.19. The molecule has 0 saturated carbocycles. The van der Waals surface area contributed by atoms with Crippen LogP contribution in [-0.4, -0.2) is 24.8 Å². The summed E-state index contributed by atoms with van der Waals surface area (Å²) in [5.74, 6) is -1.04. The number of thiazole rings is 1. The van der Waals surface area contributed by atoms with Crippen LogP contribution in [0, 0.1) is 13.8 Å². The number of carboxylic acids is 1. The highest BCUT2D eigenvalue weighted by atomic mass is 32.2. The first-order chi connectivity index (χ1) is 9.40. The van der Waals surface area contributed by atoms with E-state index in [2.05, 4.69) is 4.98 Å². The Morgan fingerprint density at radius 2 is 1.90 bits per heavy atom. The molecule has 8 heteroatoms. The SMILES string of the molecule is Cc1nc(C)c(N(c2ccc(C(=O)O)cc2)S(=O)O)s1. The molecule has 0 aliphatic heterocycles. The summed E-state index contributed by atoms with van der Waals surface area (Å²) in [4.78, 5) is 15.0. The molecule has 1 unspecified atom stereocenters. The summed E-state index contributed by atoms with van der Waals surface area (Å²) < 4.78 is 22.3. The monoisotopic (exact) mass is 312 g/mol. The second-order valence-corrected chi connectivity index (χ2v) is 6.01. The zero-order chi connectivity index (χ0) is 14.9. The van der Waals surface area contributed by atoms with E-state index in [4.69, 9.17) is 5.11 Å². The summed E-state index contributed by atoms with van der Waals surface area (Å²) in [6.07, 6.45) is 0. The van der Waals surface area contributed by atoms with Crippen LogP contribution in [0.2, 0.25) is 0 Å². The maximum atomic E-state index is 11.6. The Balaban J connectivity index is 2.46. The van der Waals surface area contributed by atoms with Crippen molar-refractivity contribution in [1.29, 1.82) is 0 Å². The Hall–Kier alpha value is -1.77. The predicted molar refractivity (Wildman–Crippen MR) is 77.9 cm³/mol. The number of benzene rings is 1. The van der Waals surface area contributed by atoms with Gasteiger partial charge >= 0.3 is 5.97 Å². The van der Waals surface area contributed by atoms with E-state index in [1.807, 2.05) is 6.92 Å². The fourth-order valence-corrected chi connectivity index (χ4v) is 3.45. The van der Waals surface area contributed by atoms with Crippen molar-refractivity contribution in [3.63, 3.8) is 0 Å². The van der Waals surface area contributed by atoms with Gasteiger partial charge in [-0.05, 0) is 38.1 Å². The fraction of sp³-hybridized carbons (Fsp3) is 0.167. The van der Waals surface area contributed by atoms with Gasteiger partial charge in [-0.15, -0.1) is 11.3 Å². The minimum atomic E-state index is -2.26. The molecule has 0 amide bonds. The van der Waals surface area contributed by atoms with Gasteiger partial charge < -0.3 is 5.11 Å². The second kappa shape index (κ2) is 5.70. The third-order valence-corrected chi connectivity index (χ3v) is 4.45. The largest absolute Gasteiger partial charge is 0.478 e. The van der Waals surface area contributed by atoms with Crippen molar-refractivity contribution in [2.75, 3.05) is 4.31 Å². The highest BCUT2D eigenvalue weighted by molar-refractivity contribution is 7.81. The van der Waals surface area contributed by atoms with Crippen molar-refractivity contribution in [2.45, 2.75) is 13.8 Å². The fourth-order valence-electron chi connectivity index (χ4n) is 1.73. The molecule has 0 radical (unpaired) electrons. The van der Waals surface area contributed by atoms with Gasteiger partial charge in [0.2, 0.25) is 0 Å². The van der Waals surface area contributed by atoms with Crippen LogP contribution >= 0.6 is 11.3 Å². The number of hydrogen-bond acceptors (Lipinski definition) is 4. The predicted octanol–water partition coefficient (Wildman–Crippen LogP) is 2.73. The maximum absolute atomic E-state index is 11.6. The van der Waals surface area contributed by atoms with E-state index >= 15 is 0 Å². The van der Waals surface area contributed by atoms with Crippen molar-refractivity contribution in [1.82, 2.24) is 4.98 Å². The highest BCUT2D eigenvalue weighted by Gasteiger charge is 2.20. The van der Waals surface area contributed by atoms with Gasteiger partial charge in [-0.1, -0.05) is 0 Å². The van der Waals surface area contributed by atoms with E-state index in [-0.39, 0.29) is 5.56 Å². The van der Waals surface area contributed by atoms with Gasteiger partial charge in [0, 0.05) is 0 Å². The molecule has 2 aromatic rings. The number of rotatable bonds is 4. The summed E-state index contributed by atoms with van der Waals surface area (Å²) in [7, 11) is 0. The minimum Gasteiger partial charge on any atom is -0.478 e. The van der Waals surface area contributed by atoms with Crippen LogP contribution in [0.25, 0.3) is 0 Å². The van der Waals surface area contributed by atoms with E-state index in [0.717, 1.165) is 5.01 Å². The number of aromatic carboxylic acids is 1. The first-order valence-corrected chi connectivity index (χ1v) is 7.46. The molecule has 2 rings (SSSR count). The molecule has 0 spiro atoms. The molecule has 0 saturated heterocycles.